The molecule has 2 rings (SSSR count). The van der Waals surface area contributed by atoms with Crippen molar-refractivity contribution >= 4 is 11.6 Å². The number of carbonyl (C=O) groups is 1. The predicted molar refractivity (Wildman–Crippen MR) is 78.2 cm³/mol. The van der Waals surface area contributed by atoms with Gasteiger partial charge in [-0.2, -0.15) is 0 Å². The van der Waals surface area contributed by atoms with Gasteiger partial charge in [-0.25, -0.2) is 0 Å². The fourth-order valence-electron chi connectivity index (χ4n) is 2.48. The predicted octanol–water partition coefficient (Wildman–Crippen LogP) is 1.65. The van der Waals surface area contributed by atoms with Gasteiger partial charge >= 0.3 is 0 Å². The Balaban J connectivity index is 1.76. The van der Waals surface area contributed by atoms with Crippen LogP contribution < -0.4 is 5.32 Å². The maximum atomic E-state index is 12.1. The third kappa shape index (κ3) is 3.96. The van der Waals surface area contributed by atoms with Gasteiger partial charge in [0.1, 0.15) is 0 Å². The van der Waals surface area contributed by atoms with Gasteiger partial charge in [-0.15, -0.1) is 0 Å². The lowest BCUT2D eigenvalue weighted by Gasteiger charge is -2.35. The zero-order valence-corrected chi connectivity index (χ0v) is 11.8. The van der Waals surface area contributed by atoms with Gasteiger partial charge in [0, 0.05) is 24.8 Å². The molecule has 19 heavy (non-hydrogen) atoms. The van der Waals surface area contributed by atoms with Crippen molar-refractivity contribution in [3.8, 4) is 0 Å². The van der Waals surface area contributed by atoms with Crippen molar-refractivity contribution < 1.29 is 4.79 Å². The lowest BCUT2D eigenvalue weighted by molar-refractivity contribution is -0.130. The van der Waals surface area contributed by atoms with Crippen LogP contribution in [0.2, 0.25) is 0 Å². The lowest BCUT2D eigenvalue weighted by Crippen LogP contribution is -2.46. The molecule has 1 aliphatic heterocycles. The van der Waals surface area contributed by atoms with E-state index in [2.05, 4.69) is 24.3 Å². The van der Waals surface area contributed by atoms with Gasteiger partial charge in [-0.05, 0) is 39.1 Å². The average molecular weight is 261 g/mol. The number of hydrogen-bond acceptors (Lipinski definition) is 3. The van der Waals surface area contributed by atoms with Crippen LogP contribution in [-0.2, 0) is 4.79 Å². The second-order valence-electron chi connectivity index (χ2n) is 5.30. The number of likely N-dealkylation sites (tertiary alicyclic amines) is 1. The summed E-state index contributed by atoms with van der Waals surface area (Å²) in [6.07, 6.45) is 2.15. The van der Waals surface area contributed by atoms with E-state index in [1.54, 1.807) is 0 Å². The van der Waals surface area contributed by atoms with Gasteiger partial charge < -0.3 is 15.1 Å². The molecule has 1 saturated heterocycles. The monoisotopic (exact) mass is 261 g/mol. The number of hydrogen-bond donors (Lipinski definition) is 1. The highest BCUT2D eigenvalue weighted by molar-refractivity contribution is 5.80. The Labute approximate surface area is 115 Å². The zero-order chi connectivity index (χ0) is 13.7. The first-order chi connectivity index (χ1) is 9.16. The molecule has 104 valence electrons. The molecule has 0 saturated carbocycles. The van der Waals surface area contributed by atoms with E-state index in [4.69, 9.17) is 0 Å². The van der Waals surface area contributed by atoms with Crippen LogP contribution in [-0.4, -0.2) is 55.5 Å². The van der Waals surface area contributed by atoms with E-state index in [0.29, 0.717) is 12.6 Å². The molecule has 1 heterocycles. The van der Waals surface area contributed by atoms with Crippen LogP contribution in [0.25, 0.3) is 0 Å². The summed E-state index contributed by atoms with van der Waals surface area (Å²) in [5.41, 5.74) is 0.999. The largest absolute Gasteiger partial charge is 0.376 e. The fraction of sp³-hybridized carbons (Fsp3) is 0.533. The second kappa shape index (κ2) is 6.57. The molecule has 0 radical (unpaired) electrons. The van der Waals surface area contributed by atoms with E-state index in [-0.39, 0.29) is 5.91 Å². The van der Waals surface area contributed by atoms with Crippen LogP contribution in [0.5, 0.6) is 0 Å². The normalized spacial score (nSPS) is 16.7. The van der Waals surface area contributed by atoms with Gasteiger partial charge in [-0.1, -0.05) is 18.2 Å². The van der Waals surface area contributed by atoms with E-state index in [1.165, 1.54) is 0 Å². The molecule has 0 spiro atoms. The lowest BCUT2D eigenvalue weighted by atomic mass is 10.0. The van der Waals surface area contributed by atoms with Crippen molar-refractivity contribution in [2.24, 2.45) is 0 Å². The summed E-state index contributed by atoms with van der Waals surface area (Å²) in [7, 11) is 4.22. The standard InChI is InChI=1S/C15H23N3O/c1-17(2)14-8-10-18(11-9-14)15(19)12-16-13-6-4-3-5-7-13/h3-7,14,16H,8-12H2,1-2H3. The highest BCUT2D eigenvalue weighted by Gasteiger charge is 2.23. The number of piperidine rings is 1. The van der Waals surface area contributed by atoms with Gasteiger partial charge in [-0.3, -0.25) is 4.79 Å². The summed E-state index contributed by atoms with van der Waals surface area (Å²) in [5.74, 6) is 0.195. The highest BCUT2D eigenvalue weighted by atomic mass is 16.2. The van der Waals surface area contributed by atoms with Crippen molar-refractivity contribution in [1.82, 2.24) is 9.80 Å². The Morgan fingerprint density at radius 1 is 1.26 bits per heavy atom. The molecule has 1 amide bonds. The molecule has 0 atom stereocenters. The van der Waals surface area contributed by atoms with Crippen LogP contribution in [0.4, 0.5) is 5.69 Å². The van der Waals surface area contributed by atoms with Crippen molar-refractivity contribution in [3.05, 3.63) is 30.3 Å². The minimum absolute atomic E-state index is 0.195. The fourth-order valence-corrected chi connectivity index (χ4v) is 2.48. The Morgan fingerprint density at radius 3 is 2.47 bits per heavy atom. The van der Waals surface area contributed by atoms with Crippen LogP contribution in [0.15, 0.2) is 30.3 Å². The number of rotatable bonds is 4. The van der Waals surface area contributed by atoms with E-state index in [0.717, 1.165) is 31.6 Å². The first-order valence-corrected chi connectivity index (χ1v) is 6.90. The summed E-state index contributed by atoms with van der Waals surface area (Å²) in [6, 6.07) is 10.5. The molecule has 1 N–H and O–H groups in total. The molecule has 0 aromatic heterocycles. The molecular weight excluding hydrogens is 238 g/mol. The van der Waals surface area contributed by atoms with Crippen molar-refractivity contribution in [1.29, 1.82) is 0 Å². The molecular formula is C15H23N3O. The summed E-state index contributed by atoms with van der Waals surface area (Å²) >= 11 is 0. The van der Waals surface area contributed by atoms with E-state index in [1.807, 2.05) is 35.2 Å². The molecule has 1 aromatic carbocycles. The Kier molecular flexibility index (Phi) is 4.80. The van der Waals surface area contributed by atoms with Gasteiger partial charge in [0.05, 0.1) is 6.54 Å². The van der Waals surface area contributed by atoms with Gasteiger partial charge in [0.15, 0.2) is 0 Å². The number of nitrogens with zero attached hydrogens (tertiary/aromatic N) is 2. The summed E-state index contributed by atoms with van der Waals surface area (Å²) in [5, 5.41) is 3.17. The smallest absolute Gasteiger partial charge is 0.241 e. The Hall–Kier alpha value is -1.55. The number of nitrogens with one attached hydrogen (secondary N) is 1. The SMILES string of the molecule is CN(C)C1CCN(C(=O)CNc2ccccc2)CC1. The molecule has 4 nitrogen and oxygen atoms in total. The van der Waals surface area contributed by atoms with E-state index >= 15 is 0 Å². The van der Waals surface area contributed by atoms with Crippen LogP contribution in [0.3, 0.4) is 0 Å². The summed E-state index contributed by atoms with van der Waals surface area (Å²) in [4.78, 5) is 16.3. The number of carbonyl (C=O) groups excluding carboxylic acids is 1. The Morgan fingerprint density at radius 2 is 1.89 bits per heavy atom. The first kappa shape index (κ1) is 13.9. The molecule has 1 fully saturated rings. The molecule has 1 aliphatic rings. The van der Waals surface area contributed by atoms with E-state index < -0.39 is 0 Å². The van der Waals surface area contributed by atoms with Crippen molar-refractivity contribution in [3.63, 3.8) is 0 Å². The quantitative estimate of drug-likeness (QED) is 0.895. The summed E-state index contributed by atoms with van der Waals surface area (Å²) < 4.78 is 0. The van der Waals surface area contributed by atoms with Crippen molar-refractivity contribution in [2.75, 3.05) is 39.0 Å². The summed E-state index contributed by atoms with van der Waals surface area (Å²) in [6.45, 7) is 2.13. The average Bonchev–Trinajstić information content (AvgIpc) is 2.46. The molecule has 0 bridgehead atoms. The molecule has 0 aliphatic carbocycles. The maximum Gasteiger partial charge on any atom is 0.241 e. The number of amides is 1. The minimum Gasteiger partial charge on any atom is -0.376 e. The number of benzene rings is 1. The molecule has 1 aromatic rings. The van der Waals surface area contributed by atoms with E-state index in [9.17, 15) is 4.79 Å². The third-order valence-electron chi connectivity index (χ3n) is 3.77. The van der Waals surface area contributed by atoms with Crippen LogP contribution in [0.1, 0.15) is 12.8 Å². The topological polar surface area (TPSA) is 35.6 Å². The van der Waals surface area contributed by atoms with Gasteiger partial charge in [0.25, 0.3) is 0 Å². The van der Waals surface area contributed by atoms with Crippen LogP contribution in [0, 0.1) is 0 Å². The second-order valence-corrected chi connectivity index (χ2v) is 5.30. The number of anilines is 1. The van der Waals surface area contributed by atoms with Crippen molar-refractivity contribution in [2.45, 2.75) is 18.9 Å². The number of para-hydroxylation sites is 1. The highest BCUT2D eigenvalue weighted by Crippen LogP contribution is 2.14. The Bertz CT molecular complexity index is 397. The van der Waals surface area contributed by atoms with Gasteiger partial charge in [0.2, 0.25) is 5.91 Å². The maximum absolute atomic E-state index is 12.1. The minimum atomic E-state index is 0.195. The molecule has 0 unspecified atom stereocenters. The third-order valence-corrected chi connectivity index (χ3v) is 3.77. The van der Waals surface area contributed by atoms with Crippen LogP contribution >= 0.6 is 0 Å². The zero-order valence-electron chi connectivity index (χ0n) is 11.8. The molecule has 4 heteroatoms. The first-order valence-electron chi connectivity index (χ1n) is 6.90.